The fourth-order valence-electron chi connectivity index (χ4n) is 1.86. The van der Waals surface area contributed by atoms with Gasteiger partial charge in [-0.3, -0.25) is 4.79 Å². The lowest BCUT2D eigenvalue weighted by Crippen LogP contribution is -2.14. The first-order valence-corrected chi connectivity index (χ1v) is 6.54. The van der Waals surface area contributed by atoms with E-state index in [0.29, 0.717) is 0 Å². The van der Waals surface area contributed by atoms with Crippen molar-refractivity contribution in [2.24, 2.45) is 0 Å². The van der Waals surface area contributed by atoms with E-state index in [2.05, 4.69) is 0 Å². The highest BCUT2D eigenvalue weighted by atomic mass is 35.5. The molecule has 2 aromatic rings. The minimum Gasteiger partial charge on any atom is -0.292 e. The van der Waals surface area contributed by atoms with Gasteiger partial charge < -0.3 is 0 Å². The third kappa shape index (κ3) is 2.90. The molecule has 0 bridgehead atoms. The molecule has 0 spiro atoms. The fraction of sp³-hybridized carbons (Fsp3) is 0.0667. The van der Waals surface area contributed by atoms with Crippen molar-refractivity contribution >= 4 is 29.0 Å². The first-order valence-electron chi connectivity index (χ1n) is 5.79. The molecule has 0 amide bonds. The molecule has 0 radical (unpaired) electrons. The summed E-state index contributed by atoms with van der Waals surface area (Å²) in [5, 5.41) is 8.57. The minimum atomic E-state index is -1.46. The van der Waals surface area contributed by atoms with Gasteiger partial charge in [0.1, 0.15) is 17.6 Å². The maximum absolute atomic E-state index is 14.0. The van der Waals surface area contributed by atoms with E-state index in [1.807, 2.05) is 0 Å². The van der Waals surface area contributed by atoms with Crippen LogP contribution in [0.15, 0.2) is 36.4 Å². The predicted molar refractivity (Wildman–Crippen MR) is 75.5 cm³/mol. The lowest BCUT2D eigenvalue weighted by molar-refractivity contribution is 0.0977. The van der Waals surface area contributed by atoms with Crippen LogP contribution in [0.5, 0.6) is 0 Å². The second-order valence-corrected chi connectivity index (χ2v) is 4.96. The molecule has 0 fully saturated rings. The van der Waals surface area contributed by atoms with Crippen molar-refractivity contribution in [2.75, 3.05) is 0 Å². The Morgan fingerprint density at radius 2 is 1.81 bits per heavy atom. The van der Waals surface area contributed by atoms with Gasteiger partial charge in [-0.15, -0.1) is 0 Å². The van der Waals surface area contributed by atoms with E-state index >= 15 is 0 Å². The Kier molecular flexibility index (Phi) is 4.56. The Bertz CT molecular complexity index is 756. The number of halogens is 4. The van der Waals surface area contributed by atoms with E-state index in [1.165, 1.54) is 30.3 Å². The summed E-state index contributed by atoms with van der Waals surface area (Å²) in [4.78, 5) is 12.3. The van der Waals surface area contributed by atoms with Gasteiger partial charge in [0.25, 0.3) is 0 Å². The van der Waals surface area contributed by atoms with Crippen LogP contribution < -0.4 is 0 Å². The minimum absolute atomic E-state index is 0.171. The molecule has 0 aliphatic rings. The van der Waals surface area contributed by atoms with Crippen molar-refractivity contribution in [1.29, 1.82) is 5.26 Å². The zero-order chi connectivity index (χ0) is 15.6. The number of carbonyl (C=O) groups is 1. The summed E-state index contributed by atoms with van der Waals surface area (Å²) in [6.07, 6.45) is 0. The molecule has 2 aromatic carbocycles. The number of hydrogen-bond acceptors (Lipinski definition) is 2. The topological polar surface area (TPSA) is 40.9 Å². The molecule has 0 aliphatic heterocycles. The first kappa shape index (κ1) is 15.4. The third-order valence-corrected chi connectivity index (χ3v) is 3.58. The van der Waals surface area contributed by atoms with E-state index in [9.17, 15) is 13.6 Å². The highest BCUT2D eigenvalue weighted by Gasteiger charge is 2.27. The van der Waals surface area contributed by atoms with E-state index in [-0.39, 0.29) is 16.1 Å². The Morgan fingerprint density at radius 3 is 2.48 bits per heavy atom. The lowest BCUT2D eigenvalue weighted by Gasteiger charge is -2.11. The Labute approximate surface area is 129 Å². The molecular formula is C15H7Cl2F2NO. The second-order valence-electron chi connectivity index (χ2n) is 4.17. The lowest BCUT2D eigenvalue weighted by atomic mass is 9.91. The van der Waals surface area contributed by atoms with Crippen LogP contribution in [0.1, 0.15) is 21.8 Å². The molecular weight excluding hydrogens is 319 g/mol. The number of Topliss-reactive ketones (excluding diaryl/α,β-unsaturated/α-hetero) is 1. The van der Waals surface area contributed by atoms with Crippen molar-refractivity contribution in [3.8, 4) is 6.07 Å². The molecule has 0 saturated heterocycles. The van der Waals surface area contributed by atoms with Gasteiger partial charge in [0.15, 0.2) is 5.78 Å². The maximum Gasteiger partial charge on any atom is 0.186 e. The summed E-state index contributed by atoms with van der Waals surface area (Å²) in [5.41, 5.74) is -0.349. The highest BCUT2D eigenvalue weighted by Crippen LogP contribution is 2.30. The number of nitriles is 1. The van der Waals surface area contributed by atoms with Crippen molar-refractivity contribution in [1.82, 2.24) is 0 Å². The summed E-state index contributed by atoms with van der Waals surface area (Å²) in [6, 6.07) is 9.35. The SMILES string of the molecule is N#CC(C(=O)c1cccc(F)c1Cl)c1cccc(Cl)c1F. The van der Waals surface area contributed by atoms with E-state index in [0.717, 1.165) is 6.07 Å². The molecule has 0 heterocycles. The normalized spacial score (nSPS) is 11.8. The summed E-state index contributed by atoms with van der Waals surface area (Å²) < 4.78 is 27.3. The summed E-state index contributed by atoms with van der Waals surface area (Å²) >= 11 is 11.4. The van der Waals surface area contributed by atoms with Crippen molar-refractivity contribution in [3.05, 3.63) is 69.2 Å². The van der Waals surface area contributed by atoms with Crippen LogP contribution >= 0.6 is 23.2 Å². The Balaban J connectivity index is 2.52. The number of carbonyl (C=O) groups excluding carboxylic acids is 1. The number of ketones is 1. The standard InChI is InChI=1S/C15H7Cl2F2NO/c16-11-5-1-3-8(14(11)19)10(7-20)15(21)9-4-2-6-12(18)13(9)17/h1-6,10H. The highest BCUT2D eigenvalue weighted by molar-refractivity contribution is 6.34. The average molecular weight is 326 g/mol. The molecule has 1 atom stereocenters. The molecule has 0 aromatic heterocycles. The van der Waals surface area contributed by atoms with Gasteiger partial charge in [-0.2, -0.15) is 5.26 Å². The monoisotopic (exact) mass is 325 g/mol. The van der Waals surface area contributed by atoms with Gasteiger partial charge in [0.2, 0.25) is 0 Å². The molecule has 6 heteroatoms. The maximum atomic E-state index is 14.0. The van der Waals surface area contributed by atoms with E-state index in [1.54, 1.807) is 6.07 Å². The second kappa shape index (κ2) is 6.21. The van der Waals surface area contributed by atoms with Crippen molar-refractivity contribution in [3.63, 3.8) is 0 Å². The van der Waals surface area contributed by atoms with Crippen LogP contribution in [-0.4, -0.2) is 5.78 Å². The van der Waals surface area contributed by atoms with Gasteiger partial charge in [-0.1, -0.05) is 41.4 Å². The van der Waals surface area contributed by atoms with Crippen molar-refractivity contribution < 1.29 is 13.6 Å². The average Bonchev–Trinajstić information content (AvgIpc) is 2.47. The Morgan fingerprint density at radius 1 is 1.14 bits per heavy atom. The molecule has 0 N–H and O–H groups in total. The number of rotatable bonds is 3. The van der Waals surface area contributed by atoms with Gasteiger partial charge in [0.05, 0.1) is 16.1 Å². The quantitative estimate of drug-likeness (QED) is 0.763. The van der Waals surface area contributed by atoms with Crippen LogP contribution in [0, 0.1) is 23.0 Å². The number of benzene rings is 2. The zero-order valence-electron chi connectivity index (χ0n) is 10.4. The first-order chi connectivity index (χ1) is 9.97. The molecule has 2 rings (SSSR count). The molecule has 0 aliphatic carbocycles. The largest absolute Gasteiger partial charge is 0.292 e. The van der Waals surface area contributed by atoms with E-state index in [4.69, 9.17) is 28.5 Å². The third-order valence-electron chi connectivity index (χ3n) is 2.90. The summed E-state index contributed by atoms with van der Waals surface area (Å²) in [6.45, 7) is 0. The zero-order valence-corrected chi connectivity index (χ0v) is 11.9. The van der Waals surface area contributed by atoms with Crippen LogP contribution in [-0.2, 0) is 0 Å². The molecule has 1 unspecified atom stereocenters. The molecule has 0 saturated carbocycles. The summed E-state index contributed by atoms with van der Waals surface area (Å²) in [5.74, 6) is -3.89. The smallest absolute Gasteiger partial charge is 0.186 e. The molecule has 21 heavy (non-hydrogen) atoms. The number of hydrogen-bond donors (Lipinski definition) is 0. The Hall–Kier alpha value is -1.96. The number of nitrogens with zero attached hydrogens (tertiary/aromatic N) is 1. The fourth-order valence-corrected chi connectivity index (χ4v) is 2.26. The van der Waals surface area contributed by atoms with Crippen LogP contribution in [0.4, 0.5) is 8.78 Å². The van der Waals surface area contributed by atoms with Crippen LogP contribution in [0.25, 0.3) is 0 Å². The predicted octanol–water partition coefficient (Wildman–Crippen LogP) is 4.76. The van der Waals surface area contributed by atoms with Gasteiger partial charge >= 0.3 is 0 Å². The van der Waals surface area contributed by atoms with Crippen molar-refractivity contribution in [2.45, 2.75) is 5.92 Å². The van der Waals surface area contributed by atoms with Crippen LogP contribution in [0.2, 0.25) is 10.0 Å². The summed E-state index contributed by atoms with van der Waals surface area (Å²) in [7, 11) is 0. The van der Waals surface area contributed by atoms with Gasteiger partial charge in [-0.25, -0.2) is 8.78 Å². The molecule has 2 nitrogen and oxygen atoms in total. The van der Waals surface area contributed by atoms with Crippen LogP contribution in [0.3, 0.4) is 0 Å². The van der Waals surface area contributed by atoms with Gasteiger partial charge in [-0.05, 0) is 18.2 Å². The van der Waals surface area contributed by atoms with Gasteiger partial charge in [0, 0.05) is 11.1 Å². The molecule has 106 valence electrons. The van der Waals surface area contributed by atoms with E-state index < -0.39 is 28.4 Å².